The van der Waals surface area contributed by atoms with Gasteiger partial charge in [0.2, 0.25) is 0 Å². The summed E-state index contributed by atoms with van der Waals surface area (Å²) in [5.74, 6) is 1.48. The third-order valence-electron chi connectivity index (χ3n) is 3.26. The van der Waals surface area contributed by atoms with Gasteiger partial charge in [0.25, 0.3) is 0 Å². The number of nitrogens with one attached hydrogen (secondary N) is 1. The smallest absolute Gasteiger partial charge is 0.171 e. The highest BCUT2D eigenvalue weighted by molar-refractivity contribution is 6.32. The molecule has 0 radical (unpaired) electrons. The van der Waals surface area contributed by atoms with Crippen LogP contribution in [0.2, 0.25) is 5.02 Å². The monoisotopic (exact) mass is 293 g/mol. The highest BCUT2D eigenvalue weighted by Gasteiger charge is 2.15. The van der Waals surface area contributed by atoms with E-state index in [4.69, 9.17) is 16.3 Å². The fraction of sp³-hybridized carbons (Fsp3) is 0.400. The van der Waals surface area contributed by atoms with Gasteiger partial charge in [-0.3, -0.25) is 4.68 Å². The van der Waals surface area contributed by atoms with Gasteiger partial charge in [-0.25, -0.2) is 0 Å². The van der Waals surface area contributed by atoms with Crippen LogP contribution in [0.4, 0.5) is 0 Å². The first-order valence-corrected chi connectivity index (χ1v) is 7.08. The van der Waals surface area contributed by atoms with E-state index >= 15 is 0 Å². The van der Waals surface area contributed by atoms with Gasteiger partial charge in [-0.15, -0.1) is 0 Å². The lowest BCUT2D eigenvalue weighted by atomic mass is 10.2. The summed E-state index contributed by atoms with van der Waals surface area (Å²) in [7, 11) is 1.90. The maximum Gasteiger partial charge on any atom is 0.171 e. The number of benzene rings is 1. The number of halogens is 1. The minimum atomic E-state index is 0.614. The second kappa shape index (κ2) is 6.29. The van der Waals surface area contributed by atoms with Crippen LogP contribution in [-0.4, -0.2) is 16.3 Å². The molecule has 0 spiro atoms. The van der Waals surface area contributed by atoms with E-state index in [0.717, 1.165) is 35.8 Å². The van der Waals surface area contributed by atoms with Gasteiger partial charge in [0.1, 0.15) is 5.69 Å². The lowest BCUT2D eigenvalue weighted by molar-refractivity contribution is 0.465. The van der Waals surface area contributed by atoms with Gasteiger partial charge < -0.3 is 10.1 Å². The molecule has 0 fully saturated rings. The van der Waals surface area contributed by atoms with Crippen molar-refractivity contribution in [3.05, 3.63) is 40.2 Å². The Morgan fingerprint density at radius 3 is 2.65 bits per heavy atom. The molecule has 2 rings (SSSR count). The van der Waals surface area contributed by atoms with Crippen LogP contribution in [0.1, 0.15) is 23.9 Å². The van der Waals surface area contributed by atoms with Crippen molar-refractivity contribution in [3.8, 4) is 11.5 Å². The summed E-state index contributed by atoms with van der Waals surface area (Å²) in [4.78, 5) is 0. The van der Waals surface area contributed by atoms with E-state index in [0.29, 0.717) is 10.8 Å². The van der Waals surface area contributed by atoms with Crippen molar-refractivity contribution >= 4 is 11.6 Å². The Morgan fingerprint density at radius 1 is 1.30 bits per heavy atom. The predicted molar refractivity (Wildman–Crippen MR) is 81.6 cm³/mol. The fourth-order valence-electron chi connectivity index (χ4n) is 2.07. The molecule has 1 heterocycles. The van der Waals surface area contributed by atoms with Crippen LogP contribution in [0.5, 0.6) is 11.5 Å². The summed E-state index contributed by atoms with van der Waals surface area (Å²) >= 11 is 6.29. The normalized spacial score (nSPS) is 10.8. The highest BCUT2D eigenvalue weighted by Crippen LogP contribution is 2.35. The zero-order valence-corrected chi connectivity index (χ0v) is 13.1. The molecule has 0 unspecified atom stereocenters. The van der Waals surface area contributed by atoms with Gasteiger partial charge in [0.05, 0.1) is 10.7 Å². The van der Waals surface area contributed by atoms with Crippen LogP contribution in [0, 0.1) is 13.8 Å². The van der Waals surface area contributed by atoms with Crippen LogP contribution in [-0.2, 0) is 13.6 Å². The highest BCUT2D eigenvalue weighted by atomic mass is 35.5. The first-order chi connectivity index (χ1) is 9.54. The molecule has 0 saturated carbocycles. The maximum atomic E-state index is 6.29. The molecule has 1 aromatic heterocycles. The molecular formula is C15H20ClN3O. The molecule has 0 aliphatic rings. The molecule has 5 heteroatoms. The van der Waals surface area contributed by atoms with Crippen LogP contribution >= 0.6 is 11.6 Å². The van der Waals surface area contributed by atoms with Gasteiger partial charge in [0.15, 0.2) is 11.5 Å². The lowest BCUT2D eigenvalue weighted by Crippen LogP contribution is -2.12. The Balaban J connectivity index is 2.37. The molecule has 1 N–H and O–H groups in total. The second-order valence-corrected chi connectivity index (χ2v) is 5.14. The van der Waals surface area contributed by atoms with Crippen molar-refractivity contribution in [2.45, 2.75) is 27.3 Å². The molecule has 0 atom stereocenters. The Morgan fingerprint density at radius 2 is 2.05 bits per heavy atom. The average Bonchev–Trinajstić information content (AvgIpc) is 2.65. The van der Waals surface area contributed by atoms with Gasteiger partial charge in [0, 0.05) is 19.2 Å². The number of para-hydroxylation sites is 1. The summed E-state index contributed by atoms with van der Waals surface area (Å²) in [6, 6.07) is 5.79. The van der Waals surface area contributed by atoms with Crippen LogP contribution in [0.25, 0.3) is 0 Å². The van der Waals surface area contributed by atoms with E-state index < -0.39 is 0 Å². The minimum Gasteiger partial charge on any atom is -0.452 e. The quantitative estimate of drug-likeness (QED) is 0.915. The Hall–Kier alpha value is -1.52. The number of aromatic nitrogens is 2. The molecule has 0 saturated heterocycles. The number of aryl methyl sites for hydroxylation is 2. The Kier molecular flexibility index (Phi) is 4.68. The van der Waals surface area contributed by atoms with Crippen molar-refractivity contribution in [2.75, 3.05) is 6.54 Å². The van der Waals surface area contributed by atoms with Crippen molar-refractivity contribution in [1.29, 1.82) is 0 Å². The SMILES string of the molecule is CCNCc1cccc(Cl)c1Oc1c(C)nn(C)c1C. The maximum absolute atomic E-state index is 6.29. The van der Waals surface area contributed by atoms with Crippen LogP contribution in [0.15, 0.2) is 18.2 Å². The largest absolute Gasteiger partial charge is 0.452 e. The molecule has 0 bridgehead atoms. The van der Waals surface area contributed by atoms with Gasteiger partial charge in [-0.05, 0) is 26.5 Å². The van der Waals surface area contributed by atoms with Crippen LogP contribution in [0.3, 0.4) is 0 Å². The standard InChI is InChI=1S/C15H20ClN3O/c1-5-17-9-12-7-6-8-13(16)15(12)20-14-10(2)18-19(4)11(14)3/h6-8,17H,5,9H2,1-4H3. The van der Waals surface area contributed by atoms with Crippen molar-refractivity contribution in [2.24, 2.45) is 7.05 Å². The zero-order chi connectivity index (χ0) is 14.7. The third kappa shape index (κ3) is 2.97. The van der Waals surface area contributed by atoms with E-state index in [1.165, 1.54) is 0 Å². The van der Waals surface area contributed by atoms with E-state index in [9.17, 15) is 0 Å². The summed E-state index contributed by atoms with van der Waals surface area (Å²) in [5.41, 5.74) is 2.89. The molecule has 4 nitrogen and oxygen atoms in total. The van der Waals surface area contributed by atoms with E-state index in [1.54, 1.807) is 0 Å². The predicted octanol–water partition coefficient (Wildman–Crippen LogP) is 3.59. The molecule has 1 aromatic carbocycles. The topological polar surface area (TPSA) is 39.1 Å². The molecule has 108 valence electrons. The summed E-state index contributed by atoms with van der Waals surface area (Å²) in [6.45, 7) is 7.61. The first kappa shape index (κ1) is 14.9. The zero-order valence-electron chi connectivity index (χ0n) is 12.3. The molecular weight excluding hydrogens is 274 g/mol. The Labute approximate surface area is 124 Å². The number of ether oxygens (including phenoxy) is 1. The lowest BCUT2D eigenvalue weighted by Gasteiger charge is -2.13. The minimum absolute atomic E-state index is 0.614. The van der Waals surface area contributed by atoms with Gasteiger partial charge >= 0.3 is 0 Å². The van der Waals surface area contributed by atoms with Crippen LogP contribution < -0.4 is 10.1 Å². The van der Waals surface area contributed by atoms with Crippen molar-refractivity contribution < 1.29 is 4.74 Å². The van der Waals surface area contributed by atoms with Gasteiger partial charge in [-0.1, -0.05) is 30.7 Å². The van der Waals surface area contributed by atoms with E-state index in [2.05, 4.69) is 17.3 Å². The van der Waals surface area contributed by atoms with E-state index in [1.807, 2.05) is 43.8 Å². The number of nitrogens with zero attached hydrogens (tertiary/aromatic N) is 2. The average molecular weight is 294 g/mol. The molecule has 20 heavy (non-hydrogen) atoms. The molecule has 0 aliphatic heterocycles. The number of hydrogen-bond donors (Lipinski definition) is 1. The number of rotatable bonds is 5. The van der Waals surface area contributed by atoms with Crippen molar-refractivity contribution in [3.63, 3.8) is 0 Å². The first-order valence-electron chi connectivity index (χ1n) is 6.70. The molecule has 0 aliphatic carbocycles. The second-order valence-electron chi connectivity index (χ2n) is 4.73. The molecule has 0 amide bonds. The fourth-order valence-corrected chi connectivity index (χ4v) is 2.30. The van der Waals surface area contributed by atoms with Crippen molar-refractivity contribution in [1.82, 2.24) is 15.1 Å². The summed E-state index contributed by atoms with van der Waals surface area (Å²) < 4.78 is 7.88. The summed E-state index contributed by atoms with van der Waals surface area (Å²) in [5, 5.41) is 8.27. The Bertz CT molecular complexity index is 607. The third-order valence-corrected chi connectivity index (χ3v) is 3.56. The van der Waals surface area contributed by atoms with Gasteiger partial charge in [-0.2, -0.15) is 5.10 Å². The summed E-state index contributed by atoms with van der Waals surface area (Å²) in [6.07, 6.45) is 0. The number of hydrogen-bond acceptors (Lipinski definition) is 3. The molecule has 2 aromatic rings. The van der Waals surface area contributed by atoms with E-state index in [-0.39, 0.29) is 0 Å².